The Hall–Kier alpha value is -2.18. The van der Waals surface area contributed by atoms with Gasteiger partial charge >= 0.3 is 5.97 Å². The van der Waals surface area contributed by atoms with Crippen molar-refractivity contribution in [3.63, 3.8) is 0 Å². The average molecular weight is 265 g/mol. The normalized spacial score (nSPS) is 15.8. The number of anilines is 1. The lowest BCUT2D eigenvalue weighted by Gasteiger charge is -2.16. The molecule has 0 aliphatic heterocycles. The number of hydrogen-bond donors (Lipinski definition) is 2. The molecule has 1 atom stereocenters. The summed E-state index contributed by atoms with van der Waals surface area (Å²) in [5, 5.41) is 22.7. The Balaban J connectivity index is 2.14. The van der Waals surface area contributed by atoms with Crippen LogP contribution in [0.1, 0.15) is 24.8 Å². The minimum absolute atomic E-state index is 0.00593. The molecule has 1 saturated carbocycles. The van der Waals surface area contributed by atoms with Crippen LogP contribution in [0.3, 0.4) is 0 Å². The van der Waals surface area contributed by atoms with Crippen LogP contribution in [0.2, 0.25) is 0 Å². The Labute approximate surface area is 109 Å². The van der Waals surface area contributed by atoms with E-state index in [9.17, 15) is 14.9 Å². The third-order valence-electron chi connectivity index (χ3n) is 3.19. The van der Waals surface area contributed by atoms with Crippen molar-refractivity contribution in [2.24, 2.45) is 5.92 Å². The van der Waals surface area contributed by atoms with Gasteiger partial charge in [-0.2, -0.15) is 0 Å². The molecule has 1 aliphatic rings. The van der Waals surface area contributed by atoms with Gasteiger partial charge in [-0.25, -0.2) is 4.98 Å². The molecule has 0 aromatic carbocycles. The second-order valence-electron chi connectivity index (χ2n) is 4.80. The minimum atomic E-state index is -0.883. The SMILES string of the molecule is Cc1cnc(NC(CC(=O)O)C2CC2)cc1[N+](=O)[O-]. The highest BCUT2D eigenvalue weighted by Crippen LogP contribution is 2.35. The van der Waals surface area contributed by atoms with Crippen LogP contribution >= 0.6 is 0 Å². The Morgan fingerprint density at radius 2 is 2.37 bits per heavy atom. The summed E-state index contributed by atoms with van der Waals surface area (Å²) in [6.45, 7) is 1.62. The number of carboxylic acid groups (broad SMARTS) is 1. The summed E-state index contributed by atoms with van der Waals surface area (Å²) in [6, 6.07) is 1.14. The predicted molar refractivity (Wildman–Crippen MR) is 68.0 cm³/mol. The number of carbonyl (C=O) groups is 1. The van der Waals surface area contributed by atoms with Crippen molar-refractivity contribution < 1.29 is 14.8 Å². The summed E-state index contributed by atoms with van der Waals surface area (Å²) in [4.78, 5) is 25.2. The number of aromatic nitrogens is 1. The third-order valence-corrected chi connectivity index (χ3v) is 3.19. The molecule has 1 aromatic heterocycles. The molecule has 0 amide bonds. The monoisotopic (exact) mass is 265 g/mol. The molecule has 0 saturated heterocycles. The van der Waals surface area contributed by atoms with Gasteiger partial charge in [0.2, 0.25) is 0 Å². The number of aryl methyl sites for hydroxylation is 1. The number of hydrogen-bond acceptors (Lipinski definition) is 5. The average Bonchev–Trinajstić information content (AvgIpc) is 3.13. The first kappa shape index (κ1) is 13.3. The molecule has 19 heavy (non-hydrogen) atoms. The third kappa shape index (κ3) is 3.40. The highest BCUT2D eigenvalue weighted by Gasteiger charge is 2.33. The summed E-state index contributed by atoms with van der Waals surface area (Å²) in [6.07, 6.45) is 3.39. The molecular formula is C12H15N3O4. The number of nitro groups is 1. The van der Waals surface area contributed by atoms with Gasteiger partial charge in [0, 0.05) is 17.8 Å². The summed E-state index contributed by atoms with van der Waals surface area (Å²) in [5.74, 6) is -0.209. The number of carboxylic acids is 1. The Morgan fingerprint density at radius 1 is 1.68 bits per heavy atom. The second kappa shape index (κ2) is 5.21. The second-order valence-corrected chi connectivity index (χ2v) is 4.80. The molecule has 0 radical (unpaired) electrons. The first-order valence-corrected chi connectivity index (χ1v) is 6.06. The molecule has 1 heterocycles. The zero-order valence-corrected chi connectivity index (χ0v) is 10.5. The molecular weight excluding hydrogens is 250 g/mol. The lowest BCUT2D eigenvalue weighted by atomic mass is 10.1. The lowest BCUT2D eigenvalue weighted by Crippen LogP contribution is -2.25. The smallest absolute Gasteiger partial charge is 0.305 e. The predicted octanol–water partition coefficient (Wildman–Crippen LogP) is 1.96. The van der Waals surface area contributed by atoms with Crippen LogP contribution in [0.4, 0.5) is 11.5 Å². The molecule has 0 bridgehead atoms. The van der Waals surface area contributed by atoms with E-state index in [2.05, 4.69) is 10.3 Å². The molecule has 7 nitrogen and oxygen atoms in total. The summed E-state index contributed by atoms with van der Waals surface area (Å²) < 4.78 is 0. The maximum atomic E-state index is 10.8. The van der Waals surface area contributed by atoms with Crippen LogP contribution in [0.15, 0.2) is 12.3 Å². The van der Waals surface area contributed by atoms with E-state index < -0.39 is 10.9 Å². The molecule has 1 aromatic rings. The van der Waals surface area contributed by atoms with Gasteiger partial charge in [-0.3, -0.25) is 14.9 Å². The highest BCUT2D eigenvalue weighted by molar-refractivity contribution is 5.68. The van der Waals surface area contributed by atoms with Crippen LogP contribution in [-0.4, -0.2) is 27.0 Å². The summed E-state index contributed by atoms with van der Waals surface area (Å²) in [7, 11) is 0. The van der Waals surface area contributed by atoms with Gasteiger partial charge in [0.1, 0.15) is 5.82 Å². The maximum absolute atomic E-state index is 10.8. The number of nitrogens with zero attached hydrogens (tertiary/aromatic N) is 2. The van der Waals surface area contributed by atoms with Gasteiger partial charge in [-0.1, -0.05) is 0 Å². The molecule has 1 unspecified atom stereocenters. The molecule has 7 heteroatoms. The first-order valence-electron chi connectivity index (χ1n) is 6.06. The standard InChI is InChI=1S/C12H15N3O4/c1-7-6-13-11(5-10(7)15(18)19)14-9(4-12(16)17)8-2-3-8/h5-6,8-9H,2-4H2,1H3,(H,13,14)(H,16,17). The number of nitrogens with one attached hydrogen (secondary N) is 1. The molecule has 2 N–H and O–H groups in total. The van der Waals surface area contributed by atoms with Crippen LogP contribution in [0, 0.1) is 23.0 Å². The van der Waals surface area contributed by atoms with E-state index in [1.165, 1.54) is 12.3 Å². The molecule has 1 aliphatic carbocycles. The molecule has 1 fully saturated rings. The van der Waals surface area contributed by atoms with Crippen LogP contribution in [-0.2, 0) is 4.79 Å². The van der Waals surface area contributed by atoms with Gasteiger partial charge in [0.15, 0.2) is 0 Å². The lowest BCUT2D eigenvalue weighted by molar-refractivity contribution is -0.385. The number of rotatable bonds is 6. The van der Waals surface area contributed by atoms with Crippen molar-refractivity contribution >= 4 is 17.5 Å². The van der Waals surface area contributed by atoms with Crippen LogP contribution in [0.25, 0.3) is 0 Å². The summed E-state index contributed by atoms with van der Waals surface area (Å²) >= 11 is 0. The molecule has 2 rings (SSSR count). The van der Waals surface area contributed by atoms with Crippen molar-refractivity contribution in [1.29, 1.82) is 0 Å². The zero-order valence-electron chi connectivity index (χ0n) is 10.5. The largest absolute Gasteiger partial charge is 0.481 e. The van der Waals surface area contributed by atoms with Crippen molar-refractivity contribution in [2.45, 2.75) is 32.2 Å². The van der Waals surface area contributed by atoms with Crippen molar-refractivity contribution in [2.75, 3.05) is 5.32 Å². The van der Waals surface area contributed by atoms with E-state index in [0.717, 1.165) is 12.8 Å². The van der Waals surface area contributed by atoms with Crippen molar-refractivity contribution in [3.05, 3.63) is 27.9 Å². The van der Waals surface area contributed by atoms with E-state index in [1.807, 2.05) is 0 Å². The van der Waals surface area contributed by atoms with Crippen molar-refractivity contribution in [1.82, 2.24) is 4.98 Å². The topological polar surface area (TPSA) is 105 Å². The fraction of sp³-hybridized carbons (Fsp3) is 0.500. The number of aliphatic carboxylic acids is 1. The van der Waals surface area contributed by atoms with Crippen LogP contribution in [0.5, 0.6) is 0 Å². The maximum Gasteiger partial charge on any atom is 0.305 e. The van der Waals surface area contributed by atoms with E-state index in [4.69, 9.17) is 5.11 Å². The van der Waals surface area contributed by atoms with E-state index >= 15 is 0 Å². The van der Waals surface area contributed by atoms with E-state index in [0.29, 0.717) is 17.3 Å². The van der Waals surface area contributed by atoms with Crippen LogP contribution < -0.4 is 5.32 Å². The van der Waals surface area contributed by atoms with Crippen molar-refractivity contribution in [3.8, 4) is 0 Å². The van der Waals surface area contributed by atoms with E-state index in [1.54, 1.807) is 6.92 Å². The first-order chi connectivity index (χ1) is 8.97. The fourth-order valence-corrected chi connectivity index (χ4v) is 2.00. The summed E-state index contributed by atoms with van der Waals surface area (Å²) in [5.41, 5.74) is 0.471. The fourth-order valence-electron chi connectivity index (χ4n) is 2.00. The van der Waals surface area contributed by atoms with Gasteiger partial charge in [-0.05, 0) is 25.7 Å². The van der Waals surface area contributed by atoms with E-state index in [-0.39, 0.29) is 18.2 Å². The quantitative estimate of drug-likeness (QED) is 0.601. The van der Waals surface area contributed by atoms with Gasteiger partial charge < -0.3 is 10.4 Å². The van der Waals surface area contributed by atoms with Gasteiger partial charge in [-0.15, -0.1) is 0 Å². The Kier molecular flexibility index (Phi) is 3.64. The molecule has 102 valence electrons. The minimum Gasteiger partial charge on any atom is -0.481 e. The van der Waals surface area contributed by atoms with Gasteiger partial charge in [0.05, 0.1) is 17.4 Å². The highest BCUT2D eigenvalue weighted by atomic mass is 16.6. The molecule has 0 spiro atoms. The Bertz CT molecular complexity index is 514. The Morgan fingerprint density at radius 3 is 2.89 bits per heavy atom. The van der Waals surface area contributed by atoms with Gasteiger partial charge in [0.25, 0.3) is 5.69 Å². The zero-order chi connectivity index (χ0) is 14.0. The number of pyridine rings is 1.